The van der Waals surface area contributed by atoms with Crippen molar-refractivity contribution in [2.75, 3.05) is 18.0 Å². The largest absolute Gasteiger partial charge is 0.417 e. The van der Waals surface area contributed by atoms with E-state index in [9.17, 15) is 21.6 Å². The second-order valence-corrected chi connectivity index (χ2v) is 9.31. The third-order valence-corrected chi connectivity index (χ3v) is 6.58. The number of rotatable bonds is 4. The number of benzene rings is 2. The summed E-state index contributed by atoms with van der Waals surface area (Å²) in [5.74, 6) is 0. The van der Waals surface area contributed by atoms with E-state index in [0.717, 1.165) is 31.1 Å². The summed E-state index contributed by atoms with van der Waals surface area (Å²) < 4.78 is 65.6. The summed E-state index contributed by atoms with van der Waals surface area (Å²) in [6.45, 7) is 1.58. The summed E-state index contributed by atoms with van der Waals surface area (Å²) in [6.07, 6.45) is -3.97. The molecule has 4 rings (SSSR count). The van der Waals surface area contributed by atoms with Crippen molar-refractivity contribution >= 4 is 15.7 Å². The van der Waals surface area contributed by atoms with Gasteiger partial charge in [-0.25, -0.2) is 24.4 Å². The number of primary sulfonamides is 1. The maximum Gasteiger partial charge on any atom is 0.417 e. The molecule has 13 heteroatoms. The van der Waals surface area contributed by atoms with E-state index in [2.05, 4.69) is 26.8 Å². The van der Waals surface area contributed by atoms with Gasteiger partial charge < -0.3 is 10.6 Å². The first-order valence-corrected chi connectivity index (χ1v) is 11.5. The molecule has 0 aliphatic carbocycles. The summed E-state index contributed by atoms with van der Waals surface area (Å²) in [4.78, 5) is 1.17. The van der Waals surface area contributed by atoms with Gasteiger partial charge in [-0.15, -0.1) is 0 Å². The smallest absolute Gasteiger partial charge is 0.370 e. The molecular formula is C19H24F3N7O2S. The molecule has 2 fully saturated rings. The lowest BCUT2D eigenvalue weighted by Crippen LogP contribution is -2.42. The highest BCUT2D eigenvalue weighted by Crippen LogP contribution is 2.41. The molecule has 1 atom stereocenters. The van der Waals surface area contributed by atoms with E-state index < -0.39 is 32.8 Å². The zero-order valence-corrected chi connectivity index (χ0v) is 17.7. The van der Waals surface area contributed by atoms with Crippen LogP contribution in [0.1, 0.15) is 30.1 Å². The summed E-state index contributed by atoms with van der Waals surface area (Å²) in [5, 5.41) is 5.26. The SMILES string of the molecule is N[C@@H]1CCCN(c2ccc(-c3ccc(C(F)(F)F)c(S(N)(=O)=O)c3C3NNNN3)cc2)C1. The number of alkyl halides is 3. The average Bonchev–Trinajstić information content (AvgIpc) is 3.26. The topological polar surface area (TPSA) is 138 Å². The third kappa shape index (κ3) is 4.59. The number of nitrogens with zero attached hydrogens (tertiary/aromatic N) is 1. The number of sulfonamides is 1. The maximum absolute atomic E-state index is 13.7. The predicted molar refractivity (Wildman–Crippen MR) is 113 cm³/mol. The number of nitrogens with two attached hydrogens (primary N) is 2. The molecule has 9 nitrogen and oxygen atoms in total. The van der Waals surface area contributed by atoms with Gasteiger partial charge in [-0.05, 0) is 42.2 Å². The predicted octanol–water partition coefficient (Wildman–Crippen LogP) is 1.06. The Kier molecular flexibility index (Phi) is 6.15. The molecule has 2 saturated heterocycles. The Hall–Kier alpha value is -2.26. The Morgan fingerprint density at radius 1 is 1.03 bits per heavy atom. The summed E-state index contributed by atoms with van der Waals surface area (Å²) in [7, 11) is -4.72. The van der Waals surface area contributed by atoms with Gasteiger partial charge in [0.1, 0.15) is 11.1 Å². The van der Waals surface area contributed by atoms with Gasteiger partial charge in [0.2, 0.25) is 10.0 Å². The fraction of sp³-hybridized carbons (Fsp3) is 0.368. The molecule has 2 aromatic carbocycles. The molecule has 2 aliphatic heterocycles. The number of nitrogens with one attached hydrogen (secondary N) is 4. The summed E-state index contributed by atoms with van der Waals surface area (Å²) in [5.41, 5.74) is 16.7. The highest BCUT2D eigenvalue weighted by Gasteiger charge is 2.40. The van der Waals surface area contributed by atoms with Gasteiger partial charge in [-0.3, -0.25) is 0 Å². The number of halogens is 3. The van der Waals surface area contributed by atoms with Gasteiger partial charge in [0.25, 0.3) is 0 Å². The van der Waals surface area contributed by atoms with Crippen molar-refractivity contribution in [3.63, 3.8) is 0 Å². The van der Waals surface area contributed by atoms with Crippen LogP contribution in [0, 0.1) is 0 Å². The highest BCUT2D eigenvalue weighted by atomic mass is 32.2. The van der Waals surface area contributed by atoms with Crippen LogP contribution in [0.15, 0.2) is 41.3 Å². The lowest BCUT2D eigenvalue weighted by atomic mass is 9.95. The molecule has 2 aromatic rings. The Balaban J connectivity index is 1.83. The molecule has 2 aliphatic rings. The molecule has 8 N–H and O–H groups in total. The zero-order chi connectivity index (χ0) is 23.1. The van der Waals surface area contributed by atoms with Crippen LogP contribution in [0.4, 0.5) is 18.9 Å². The Morgan fingerprint density at radius 3 is 2.25 bits per heavy atom. The van der Waals surface area contributed by atoms with Crippen molar-refractivity contribution in [3.8, 4) is 11.1 Å². The van der Waals surface area contributed by atoms with Crippen LogP contribution in [-0.4, -0.2) is 27.5 Å². The first-order valence-electron chi connectivity index (χ1n) is 9.94. The van der Waals surface area contributed by atoms with Crippen molar-refractivity contribution < 1.29 is 21.6 Å². The number of piperidine rings is 1. The Morgan fingerprint density at radius 2 is 1.69 bits per heavy atom. The fourth-order valence-electron chi connectivity index (χ4n) is 4.16. The first-order chi connectivity index (χ1) is 15.1. The second kappa shape index (κ2) is 8.59. The Labute approximate surface area is 183 Å². The van der Waals surface area contributed by atoms with Crippen LogP contribution in [0.5, 0.6) is 0 Å². The maximum atomic E-state index is 13.7. The standard InChI is InChI=1S/C19H24F3N7O2S/c20-19(21,22)15-8-7-14(16(17(15)32(24,30)31)18-25-27-28-26-18)11-3-5-13(6-4-11)29-9-1-2-12(23)10-29/h3-8,12,18,25-28H,1-2,9-10,23H2,(H2,24,30,31)/t12-/m1/s1. The molecule has 0 saturated carbocycles. The van der Waals surface area contributed by atoms with Gasteiger partial charge in [-0.1, -0.05) is 18.2 Å². The van der Waals surface area contributed by atoms with Gasteiger partial charge in [0, 0.05) is 30.4 Å². The second-order valence-electron chi connectivity index (χ2n) is 7.81. The van der Waals surface area contributed by atoms with Crippen LogP contribution in [0.3, 0.4) is 0 Å². The van der Waals surface area contributed by atoms with E-state index in [4.69, 9.17) is 10.9 Å². The van der Waals surface area contributed by atoms with Crippen molar-refractivity contribution in [2.45, 2.75) is 36.1 Å². The quantitative estimate of drug-likeness (QED) is 0.390. The molecule has 0 radical (unpaired) electrons. The number of anilines is 1. The van der Waals surface area contributed by atoms with E-state index in [0.29, 0.717) is 17.7 Å². The Bertz CT molecular complexity index is 1090. The molecule has 0 unspecified atom stereocenters. The lowest BCUT2D eigenvalue weighted by Gasteiger charge is -2.32. The number of hydrogen-bond donors (Lipinski definition) is 6. The molecule has 0 spiro atoms. The molecule has 32 heavy (non-hydrogen) atoms. The van der Waals surface area contributed by atoms with E-state index in [1.807, 2.05) is 12.1 Å². The summed E-state index contributed by atoms with van der Waals surface area (Å²) >= 11 is 0. The number of hydrazine groups is 3. The van der Waals surface area contributed by atoms with Crippen molar-refractivity contribution in [3.05, 3.63) is 47.5 Å². The zero-order valence-electron chi connectivity index (χ0n) is 16.9. The molecule has 0 aromatic heterocycles. The van der Waals surface area contributed by atoms with Crippen LogP contribution >= 0.6 is 0 Å². The number of hydrogen-bond acceptors (Lipinski definition) is 8. The molecule has 174 valence electrons. The summed E-state index contributed by atoms with van der Waals surface area (Å²) in [6, 6.07) is 9.25. The van der Waals surface area contributed by atoms with Crippen LogP contribution < -0.4 is 37.7 Å². The average molecular weight is 472 g/mol. The fourth-order valence-corrected chi connectivity index (χ4v) is 5.19. The highest BCUT2D eigenvalue weighted by molar-refractivity contribution is 7.89. The van der Waals surface area contributed by atoms with E-state index in [-0.39, 0.29) is 11.6 Å². The molecule has 0 amide bonds. The van der Waals surface area contributed by atoms with Gasteiger partial charge in [0.05, 0.1) is 5.56 Å². The van der Waals surface area contributed by atoms with E-state index in [1.165, 1.54) is 6.07 Å². The van der Waals surface area contributed by atoms with Crippen molar-refractivity contribution in [1.82, 2.24) is 21.9 Å². The minimum atomic E-state index is -4.91. The van der Waals surface area contributed by atoms with E-state index in [1.54, 1.807) is 12.1 Å². The van der Waals surface area contributed by atoms with Gasteiger partial charge >= 0.3 is 6.18 Å². The molecular weight excluding hydrogens is 447 g/mol. The molecule has 2 heterocycles. The minimum absolute atomic E-state index is 0.0850. The van der Waals surface area contributed by atoms with Crippen LogP contribution in [0.2, 0.25) is 0 Å². The van der Waals surface area contributed by atoms with Gasteiger partial charge in [0.15, 0.2) is 0 Å². The monoisotopic (exact) mass is 471 g/mol. The lowest BCUT2D eigenvalue weighted by molar-refractivity contribution is -0.140. The van der Waals surface area contributed by atoms with Crippen molar-refractivity contribution in [1.29, 1.82) is 0 Å². The first kappa shape index (κ1) is 22.9. The van der Waals surface area contributed by atoms with Crippen molar-refractivity contribution in [2.24, 2.45) is 10.9 Å². The minimum Gasteiger partial charge on any atom is -0.370 e. The van der Waals surface area contributed by atoms with Gasteiger partial charge in [-0.2, -0.15) is 24.2 Å². The molecule has 0 bridgehead atoms. The van der Waals surface area contributed by atoms with E-state index >= 15 is 0 Å². The third-order valence-electron chi connectivity index (χ3n) is 5.57. The van der Waals surface area contributed by atoms with Crippen LogP contribution in [0.25, 0.3) is 11.1 Å². The normalized spacial score (nSPS) is 20.7. The van der Waals surface area contributed by atoms with Crippen LogP contribution in [-0.2, 0) is 16.2 Å².